The molecule has 0 atom stereocenters. The van der Waals surface area contributed by atoms with Crippen LogP contribution in [0.4, 0.5) is 5.69 Å². The van der Waals surface area contributed by atoms with Gasteiger partial charge in [0, 0.05) is 25.3 Å². The molecule has 2 rings (SSSR count). The average molecular weight is 236 g/mol. The highest BCUT2D eigenvalue weighted by molar-refractivity contribution is 5.61. The number of hydrogen-bond donors (Lipinski definition) is 1. The lowest BCUT2D eigenvalue weighted by molar-refractivity contribution is 0.174. The van der Waals surface area contributed by atoms with Crippen molar-refractivity contribution in [2.24, 2.45) is 5.73 Å². The van der Waals surface area contributed by atoms with Crippen LogP contribution in [0.1, 0.15) is 18.4 Å². The lowest BCUT2D eigenvalue weighted by atomic mass is 10.1. The number of hydrogen-bond acceptors (Lipinski definition) is 4. The fourth-order valence-corrected chi connectivity index (χ4v) is 2.06. The van der Waals surface area contributed by atoms with E-state index in [2.05, 4.69) is 24.9 Å². The van der Waals surface area contributed by atoms with Gasteiger partial charge in [0.05, 0.1) is 0 Å². The summed E-state index contributed by atoms with van der Waals surface area (Å²) in [6, 6.07) is 4.09. The van der Waals surface area contributed by atoms with E-state index in [-0.39, 0.29) is 0 Å². The summed E-state index contributed by atoms with van der Waals surface area (Å²) in [4.78, 5) is 2.24. The maximum atomic E-state index is 5.50. The molecule has 0 unspecified atom stereocenters. The molecule has 0 aliphatic carbocycles. The highest BCUT2D eigenvalue weighted by Crippen LogP contribution is 2.37. The number of unbranched alkanes of at least 4 members (excludes halogenated alkanes) is 1. The van der Waals surface area contributed by atoms with Gasteiger partial charge in [0.25, 0.3) is 0 Å². The van der Waals surface area contributed by atoms with Crippen LogP contribution in [0, 0.1) is 6.92 Å². The first-order valence-corrected chi connectivity index (χ1v) is 6.04. The number of rotatable bonds is 5. The topological polar surface area (TPSA) is 47.7 Å². The summed E-state index contributed by atoms with van der Waals surface area (Å²) >= 11 is 0. The van der Waals surface area contributed by atoms with Crippen LogP contribution in [0.3, 0.4) is 0 Å². The fourth-order valence-electron chi connectivity index (χ4n) is 2.06. The molecular weight excluding hydrogens is 216 g/mol. The van der Waals surface area contributed by atoms with E-state index in [0.717, 1.165) is 37.4 Å². The summed E-state index contributed by atoms with van der Waals surface area (Å²) in [5, 5.41) is 0. The van der Waals surface area contributed by atoms with Crippen LogP contribution in [0.5, 0.6) is 11.5 Å². The third-order valence-corrected chi connectivity index (χ3v) is 3.05. The third kappa shape index (κ3) is 2.64. The number of ether oxygens (including phenoxy) is 2. The van der Waals surface area contributed by atoms with Crippen molar-refractivity contribution >= 4 is 5.69 Å². The van der Waals surface area contributed by atoms with Gasteiger partial charge in [-0.1, -0.05) is 0 Å². The Bertz CT molecular complexity index is 393. The van der Waals surface area contributed by atoms with Crippen LogP contribution in [0.2, 0.25) is 0 Å². The third-order valence-electron chi connectivity index (χ3n) is 3.05. The monoisotopic (exact) mass is 236 g/mol. The summed E-state index contributed by atoms with van der Waals surface area (Å²) in [5.41, 5.74) is 7.91. The first-order valence-electron chi connectivity index (χ1n) is 6.04. The van der Waals surface area contributed by atoms with Gasteiger partial charge < -0.3 is 20.1 Å². The van der Waals surface area contributed by atoms with Gasteiger partial charge in [-0.15, -0.1) is 0 Å². The molecular formula is C13H20N2O2. The highest BCUT2D eigenvalue weighted by atomic mass is 16.7. The molecule has 1 heterocycles. The number of fused-ring (bicyclic) bond motifs is 1. The lowest BCUT2D eigenvalue weighted by Gasteiger charge is -2.21. The zero-order chi connectivity index (χ0) is 12.3. The molecule has 0 amide bonds. The average Bonchev–Trinajstić information content (AvgIpc) is 2.75. The summed E-state index contributed by atoms with van der Waals surface area (Å²) in [6.45, 7) is 4.19. The second kappa shape index (κ2) is 5.27. The van der Waals surface area contributed by atoms with Crippen molar-refractivity contribution in [3.8, 4) is 11.5 Å². The quantitative estimate of drug-likeness (QED) is 0.793. The standard InChI is InChI=1S/C13H20N2O2/c1-10-7-12-13(17-9-16-12)8-11(10)15(2)6-4-3-5-14/h7-8H,3-6,9,14H2,1-2H3. The van der Waals surface area contributed by atoms with E-state index >= 15 is 0 Å². The zero-order valence-electron chi connectivity index (χ0n) is 10.5. The SMILES string of the molecule is Cc1cc2c(cc1N(C)CCCCN)OCO2. The maximum absolute atomic E-state index is 5.50. The number of nitrogens with zero attached hydrogens (tertiary/aromatic N) is 1. The van der Waals surface area contributed by atoms with Crippen LogP contribution < -0.4 is 20.1 Å². The molecule has 0 aromatic heterocycles. The molecule has 1 aliphatic heterocycles. The number of anilines is 1. The Morgan fingerprint density at radius 3 is 2.65 bits per heavy atom. The fraction of sp³-hybridized carbons (Fsp3) is 0.538. The number of nitrogens with two attached hydrogens (primary N) is 1. The van der Waals surface area contributed by atoms with Crippen molar-refractivity contribution in [3.05, 3.63) is 17.7 Å². The van der Waals surface area contributed by atoms with Gasteiger partial charge in [0.1, 0.15) is 0 Å². The van der Waals surface area contributed by atoms with E-state index < -0.39 is 0 Å². The van der Waals surface area contributed by atoms with E-state index in [1.54, 1.807) is 0 Å². The molecule has 0 saturated heterocycles. The normalized spacial score (nSPS) is 12.9. The molecule has 2 N–H and O–H groups in total. The lowest BCUT2D eigenvalue weighted by Crippen LogP contribution is -2.20. The van der Waals surface area contributed by atoms with Gasteiger partial charge in [-0.3, -0.25) is 0 Å². The second-order valence-electron chi connectivity index (χ2n) is 4.41. The van der Waals surface area contributed by atoms with Crippen molar-refractivity contribution in [2.45, 2.75) is 19.8 Å². The Morgan fingerprint density at radius 1 is 1.24 bits per heavy atom. The zero-order valence-corrected chi connectivity index (χ0v) is 10.5. The van der Waals surface area contributed by atoms with Crippen LogP contribution in [0.15, 0.2) is 12.1 Å². The van der Waals surface area contributed by atoms with Crippen molar-refractivity contribution in [2.75, 3.05) is 31.8 Å². The second-order valence-corrected chi connectivity index (χ2v) is 4.41. The van der Waals surface area contributed by atoms with E-state index in [9.17, 15) is 0 Å². The Morgan fingerprint density at radius 2 is 1.94 bits per heavy atom. The molecule has 0 spiro atoms. The van der Waals surface area contributed by atoms with Crippen LogP contribution in [0.25, 0.3) is 0 Å². The largest absolute Gasteiger partial charge is 0.454 e. The van der Waals surface area contributed by atoms with Gasteiger partial charge >= 0.3 is 0 Å². The molecule has 4 nitrogen and oxygen atoms in total. The molecule has 0 radical (unpaired) electrons. The Hall–Kier alpha value is -1.42. The predicted octanol–water partition coefficient (Wildman–Crippen LogP) is 1.90. The summed E-state index contributed by atoms with van der Waals surface area (Å²) in [6.07, 6.45) is 2.18. The van der Waals surface area contributed by atoms with E-state index in [1.807, 2.05) is 6.07 Å². The van der Waals surface area contributed by atoms with Crippen molar-refractivity contribution in [1.82, 2.24) is 0 Å². The highest BCUT2D eigenvalue weighted by Gasteiger charge is 2.17. The van der Waals surface area contributed by atoms with Crippen molar-refractivity contribution < 1.29 is 9.47 Å². The minimum Gasteiger partial charge on any atom is -0.454 e. The summed E-state index contributed by atoms with van der Waals surface area (Å²) in [7, 11) is 2.10. The minimum atomic E-state index is 0.328. The van der Waals surface area contributed by atoms with E-state index in [4.69, 9.17) is 15.2 Å². The molecule has 0 bridgehead atoms. The van der Waals surface area contributed by atoms with E-state index in [0.29, 0.717) is 6.79 Å². The molecule has 1 aliphatic rings. The first-order chi connectivity index (χ1) is 8.22. The summed E-state index contributed by atoms with van der Waals surface area (Å²) < 4.78 is 10.8. The molecule has 4 heteroatoms. The van der Waals surface area contributed by atoms with Gasteiger partial charge in [0.2, 0.25) is 6.79 Å². The van der Waals surface area contributed by atoms with Gasteiger partial charge in [-0.05, 0) is 37.9 Å². The number of aryl methyl sites for hydroxylation is 1. The smallest absolute Gasteiger partial charge is 0.231 e. The van der Waals surface area contributed by atoms with E-state index in [1.165, 1.54) is 11.3 Å². The maximum Gasteiger partial charge on any atom is 0.231 e. The minimum absolute atomic E-state index is 0.328. The molecule has 0 fully saturated rings. The Kier molecular flexibility index (Phi) is 3.74. The molecule has 94 valence electrons. The van der Waals surface area contributed by atoms with Crippen molar-refractivity contribution in [3.63, 3.8) is 0 Å². The molecule has 1 aromatic carbocycles. The van der Waals surface area contributed by atoms with Gasteiger partial charge in [0.15, 0.2) is 11.5 Å². The van der Waals surface area contributed by atoms with Crippen LogP contribution in [-0.2, 0) is 0 Å². The Labute approximate surface area is 102 Å². The number of benzene rings is 1. The summed E-state index contributed by atoms with van der Waals surface area (Å²) in [5.74, 6) is 1.69. The molecule has 0 saturated carbocycles. The molecule has 1 aromatic rings. The van der Waals surface area contributed by atoms with Crippen LogP contribution in [-0.4, -0.2) is 26.9 Å². The first kappa shape index (κ1) is 12.0. The van der Waals surface area contributed by atoms with Crippen molar-refractivity contribution in [1.29, 1.82) is 0 Å². The van der Waals surface area contributed by atoms with Gasteiger partial charge in [-0.25, -0.2) is 0 Å². The Balaban J connectivity index is 2.09. The molecule has 17 heavy (non-hydrogen) atoms. The predicted molar refractivity (Wildman–Crippen MR) is 68.9 cm³/mol. The van der Waals surface area contributed by atoms with Gasteiger partial charge in [-0.2, -0.15) is 0 Å². The van der Waals surface area contributed by atoms with Crippen LogP contribution >= 0.6 is 0 Å².